The second kappa shape index (κ2) is 11.6. The van der Waals surface area contributed by atoms with Crippen LogP contribution in [0, 0.1) is 11.8 Å². The summed E-state index contributed by atoms with van der Waals surface area (Å²) in [7, 11) is 2.99. The van der Waals surface area contributed by atoms with Gasteiger partial charge >= 0.3 is 5.97 Å². The van der Waals surface area contributed by atoms with Gasteiger partial charge in [0.05, 0.1) is 20.8 Å². The minimum atomic E-state index is -0.855. The SMILES string of the molecule is CCCCCCOC(=O)C(CC(C)C)C(=O)c1c(OC)cccc1OC. The molecular formula is C21H32O5. The molecule has 0 spiro atoms. The Kier molecular flexibility index (Phi) is 9.78. The summed E-state index contributed by atoms with van der Waals surface area (Å²) in [5.41, 5.74) is 0.297. The van der Waals surface area contributed by atoms with Crippen LogP contribution in [0.2, 0.25) is 0 Å². The van der Waals surface area contributed by atoms with Crippen molar-refractivity contribution in [1.82, 2.24) is 0 Å². The van der Waals surface area contributed by atoms with Crippen molar-refractivity contribution in [3.63, 3.8) is 0 Å². The molecule has 5 nitrogen and oxygen atoms in total. The van der Waals surface area contributed by atoms with Gasteiger partial charge in [-0.3, -0.25) is 9.59 Å². The van der Waals surface area contributed by atoms with Gasteiger partial charge in [-0.05, 0) is 30.9 Å². The third-order valence-electron chi connectivity index (χ3n) is 4.22. The molecule has 0 N–H and O–H groups in total. The van der Waals surface area contributed by atoms with Gasteiger partial charge in [0.1, 0.15) is 23.0 Å². The summed E-state index contributed by atoms with van der Waals surface area (Å²) in [6, 6.07) is 5.13. The third kappa shape index (κ3) is 6.36. The molecule has 1 rings (SSSR count). The Hall–Kier alpha value is -2.04. The number of methoxy groups -OCH3 is 2. The lowest BCUT2D eigenvalue weighted by Gasteiger charge is -2.19. The Morgan fingerprint density at radius 2 is 1.62 bits per heavy atom. The van der Waals surface area contributed by atoms with Crippen LogP contribution in [0.25, 0.3) is 0 Å². The first-order valence-electron chi connectivity index (χ1n) is 9.38. The lowest BCUT2D eigenvalue weighted by atomic mass is 9.89. The number of benzene rings is 1. The summed E-state index contributed by atoms with van der Waals surface area (Å²) in [4.78, 5) is 25.8. The molecule has 1 aromatic rings. The van der Waals surface area contributed by atoms with E-state index in [0.717, 1.165) is 25.7 Å². The van der Waals surface area contributed by atoms with Crippen LogP contribution in [0.5, 0.6) is 11.5 Å². The third-order valence-corrected chi connectivity index (χ3v) is 4.22. The molecule has 26 heavy (non-hydrogen) atoms. The molecule has 5 heteroatoms. The molecule has 0 fully saturated rings. The van der Waals surface area contributed by atoms with E-state index in [9.17, 15) is 9.59 Å². The van der Waals surface area contributed by atoms with E-state index in [4.69, 9.17) is 14.2 Å². The van der Waals surface area contributed by atoms with Gasteiger partial charge in [-0.2, -0.15) is 0 Å². The van der Waals surface area contributed by atoms with Crippen LogP contribution < -0.4 is 9.47 Å². The van der Waals surface area contributed by atoms with Gasteiger partial charge < -0.3 is 14.2 Å². The summed E-state index contributed by atoms with van der Waals surface area (Å²) in [5, 5.41) is 0. The molecule has 0 saturated carbocycles. The topological polar surface area (TPSA) is 61.8 Å². The number of hydrogen-bond donors (Lipinski definition) is 0. The smallest absolute Gasteiger partial charge is 0.316 e. The van der Waals surface area contributed by atoms with Crippen LogP contribution in [0.3, 0.4) is 0 Å². The molecule has 1 aromatic carbocycles. The van der Waals surface area contributed by atoms with E-state index in [2.05, 4.69) is 6.92 Å². The van der Waals surface area contributed by atoms with E-state index in [1.165, 1.54) is 14.2 Å². The molecule has 1 unspecified atom stereocenters. The standard InChI is InChI=1S/C21H32O5/c1-6-7-8-9-13-26-21(23)16(14-15(2)3)20(22)19-17(24-4)11-10-12-18(19)25-5/h10-12,15-16H,6-9,13-14H2,1-5H3. The van der Waals surface area contributed by atoms with Crippen LogP contribution in [0.4, 0.5) is 0 Å². The van der Waals surface area contributed by atoms with E-state index >= 15 is 0 Å². The predicted molar refractivity (Wildman–Crippen MR) is 102 cm³/mol. The van der Waals surface area contributed by atoms with Gasteiger partial charge in [0.25, 0.3) is 0 Å². The fraction of sp³-hybridized carbons (Fsp3) is 0.619. The molecule has 0 amide bonds. The number of Topliss-reactive ketones (excluding diaryl/α,β-unsaturated/α-hetero) is 1. The molecular weight excluding hydrogens is 332 g/mol. The highest BCUT2D eigenvalue weighted by Gasteiger charge is 2.33. The molecule has 0 radical (unpaired) electrons. The minimum absolute atomic E-state index is 0.178. The lowest BCUT2D eigenvalue weighted by Crippen LogP contribution is -2.28. The Labute approximate surface area is 157 Å². The number of unbranched alkanes of at least 4 members (excludes halogenated alkanes) is 3. The summed E-state index contributed by atoms with van der Waals surface area (Å²) < 4.78 is 16.0. The summed E-state index contributed by atoms with van der Waals surface area (Å²) in [6.07, 6.45) is 4.50. The van der Waals surface area contributed by atoms with Gasteiger partial charge in [0.2, 0.25) is 0 Å². The van der Waals surface area contributed by atoms with Crippen molar-refractivity contribution in [2.45, 2.75) is 52.9 Å². The molecule has 1 atom stereocenters. The van der Waals surface area contributed by atoms with Crippen molar-refractivity contribution in [3.05, 3.63) is 23.8 Å². The van der Waals surface area contributed by atoms with Gasteiger partial charge in [-0.15, -0.1) is 0 Å². The number of hydrogen-bond acceptors (Lipinski definition) is 5. The number of esters is 1. The fourth-order valence-corrected chi connectivity index (χ4v) is 2.85. The minimum Gasteiger partial charge on any atom is -0.496 e. The predicted octanol–water partition coefficient (Wildman–Crippen LogP) is 4.67. The van der Waals surface area contributed by atoms with E-state index in [-0.39, 0.29) is 11.7 Å². The van der Waals surface area contributed by atoms with Crippen LogP contribution in [0.1, 0.15) is 63.2 Å². The van der Waals surface area contributed by atoms with Crippen LogP contribution in [-0.2, 0) is 9.53 Å². The first kappa shape index (κ1) is 22.0. The zero-order valence-corrected chi connectivity index (χ0v) is 16.7. The van der Waals surface area contributed by atoms with Crippen LogP contribution in [0.15, 0.2) is 18.2 Å². The Bertz CT molecular complexity index is 558. The van der Waals surface area contributed by atoms with Gasteiger partial charge in [-0.25, -0.2) is 0 Å². The molecule has 0 saturated heterocycles. The second-order valence-corrected chi connectivity index (χ2v) is 6.81. The summed E-state index contributed by atoms with van der Waals surface area (Å²) in [5.74, 6) is -0.652. The summed E-state index contributed by atoms with van der Waals surface area (Å²) >= 11 is 0. The maximum absolute atomic E-state index is 13.2. The average molecular weight is 364 g/mol. The average Bonchev–Trinajstić information content (AvgIpc) is 2.64. The van der Waals surface area contributed by atoms with Crippen LogP contribution in [-0.4, -0.2) is 32.6 Å². The zero-order valence-electron chi connectivity index (χ0n) is 16.7. The molecule has 146 valence electrons. The lowest BCUT2D eigenvalue weighted by molar-refractivity contribution is -0.147. The highest BCUT2D eigenvalue weighted by Crippen LogP contribution is 2.32. The normalized spacial score (nSPS) is 11.9. The number of carbonyl (C=O) groups excluding carboxylic acids is 2. The number of rotatable bonds is 12. The highest BCUT2D eigenvalue weighted by molar-refractivity contribution is 6.11. The molecule has 0 aliphatic carbocycles. The maximum Gasteiger partial charge on any atom is 0.316 e. The molecule has 0 heterocycles. The van der Waals surface area contributed by atoms with Crippen molar-refractivity contribution in [2.75, 3.05) is 20.8 Å². The van der Waals surface area contributed by atoms with Crippen molar-refractivity contribution in [1.29, 1.82) is 0 Å². The Morgan fingerprint density at radius 1 is 1.00 bits per heavy atom. The maximum atomic E-state index is 13.2. The van der Waals surface area contributed by atoms with E-state index in [1.807, 2.05) is 13.8 Å². The van der Waals surface area contributed by atoms with Crippen LogP contribution >= 0.6 is 0 Å². The van der Waals surface area contributed by atoms with Crippen molar-refractivity contribution in [3.8, 4) is 11.5 Å². The van der Waals surface area contributed by atoms with Gasteiger partial charge in [0.15, 0.2) is 5.78 Å². The van der Waals surface area contributed by atoms with Crippen molar-refractivity contribution >= 4 is 11.8 Å². The molecule has 0 aliphatic heterocycles. The first-order chi connectivity index (χ1) is 12.5. The largest absolute Gasteiger partial charge is 0.496 e. The molecule has 0 aliphatic rings. The van der Waals surface area contributed by atoms with E-state index in [0.29, 0.717) is 30.1 Å². The highest BCUT2D eigenvalue weighted by atomic mass is 16.5. The quantitative estimate of drug-likeness (QED) is 0.233. The van der Waals surface area contributed by atoms with Crippen molar-refractivity contribution < 1.29 is 23.8 Å². The molecule has 0 bridgehead atoms. The van der Waals surface area contributed by atoms with E-state index < -0.39 is 11.9 Å². The van der Waals surface area contributed by atoms with Gasteiger partial charge in [-0.1, -0.05) is 46.1 Å². The Balaban J connectivity index is 2.98. The zero-order chi connectivity index (χ0) is 19.5. The number of carbonyl (C=O) groups is 2. The fourth-order valence-electron chi connectivity index (χ4n) is 2.85. The monoisotopic (exact) mass is 364 g/mol. The number of ether oxygens (including phenoxy) is 3. The second-order valence-electron chi connectivity index (χ2n) is 6.81. The first-order valence-corrected chi connectivity index (χ1v) is 9.38. The Morgan fingerprint density at radius 3 is 2.12 bits per heavy atom. The van der Waals surface area contributed by atoms with Crippen molar-refractivity contribution in [2.24, 2.45) is 11.8 Å². The summed E-state index contributed by atoms with van der Waals surface area (Å²) in [6.45, 7) is 6.44. The number of ketones is 1. The molecule has 0 aromatic heterocycles. The van der Waals surface area contributed by atoms with Gasteiger partial charge in [0, 0.05) is 0 Å². The van der Waals surface area contributed by atoms with E-state index in [1.54, 1.807) is 18.2 Å².